The molecule has 0 aromatic heterocycles. The van der Waals surface area contributed by atoms with Crippen molar-refractivity contribution in [3.05, 3.63) is 64.9 Å². The summed E-state index contributed by atoms with van der Waals surface area (Å²) in [7, 11) is 0. The van der Waals surface area contributed by atoms with E-state index < -0.39 is 30.9 Å². The predicted molar refractivity (Wildman–Crippen MR) is 90.9 cm³/mol. The summed E-state index contributed by atoms with van der Waals surface area (Å²) < 4.78 is 23.1. The van der Waals surface area contributed by atoms with Gasteiger partial charge in [-0.25, -0.2) is 9.18 Å². The lowest BCUT2D eigenvalue weighted by Gasteiger charge is -2.15. The van der Waals surface area contributed by atoms with Gasteiger partial charge >= 0.3 is 5.97 Å². The molecule has 0 fully saturated rings. The number of amides is 1. The van der Waals surface area contributed by atoms with Gasteiger partial charge in [0.15, 0.2) is 24.8 Å². The van der Waals surface area contributed by atoms with Gasteiger partial charge in [0.05, 0.1) is 6.04 Å². The number of para-hydroxylation sites is 1. The van der Waals surface area contributed by atoms with Crippen molar-refractivity contribution in [2.75, 3.05) is 13.2 Å². The summed E-state index contributed by atoms with van der Waals surface area (Å²) in [4.78, 5) is 23.4. The predicted octanol–water partition coefficient (Wildman–Crippen LogP) is 3.28. The lowest BCUT2D eigenvalue weighted by Crippen LogP contribution is -2.32. The van der Waals surface area contributed by atoms with Crippen molar-refractivity contribution in [1.82, 2.24) is 5.32 Å². The van der Waals surface area contributed by atoms with E-state index in [9.17, 15) is 14.0 Å². The number of benzene rings is 2. The second-order valence-corrected chi connectivity index (χ2v) is 5.60. The number of rotatable bonds is 7. The fourth-order valence-electron chi connectivity index (χ4n) is 2.07. The summed E-state index contributed by atoms with van der Waals surface area (Å²) >= 11 is 6.06. The summed E-state index contributed by atoms with van der Waals surface area (Å²) in [5.41, 5.74) is 0.756. The SMILES string of the molecule is C[C@@H](NC(=O)COC(=O)COc1ccccc1F)c1ccccc1Cl. The molecule has 132 valence electrons. The van der Waals surface area contributed by atoms with Gasteiger partial charge in [-0.05, 0) is 30.7 Å². The molecule has 0 saturated carbocycles. The molecule has 2 aromatic rings. The minimum Gasteiger partial charge on any atom is -0.479 e. The van der Waals surface area contributed by atoms with Crippen molar-refractivity contribution in [2.24, 2.45) is 0 Å². The van der Waals surface area contributed by atoms with E-state index in [4.69, 9.17) is 21.1 Å². The van der Waals surface area contributed by atoms with Gasteiger partial charge in [-0.3, -0.25) is 4.79 Å². The number of carbonyl (C=O) groups excluding carboxylic acids is 2. The van der Waals surface area contributed by atoms with Gasteiger partial charge in [0.1, 0.15) is 0 Å². The van der Waals surface area contributed by atoms with Crippen LogP contribution in [0.1, 0.15) is 18.5 Å². The fourth-order valence-corrected chi connectivity index (χ4v) is 2.37. The minimum atomic E-state index is -0.774. The van der Waals surface area contributed by atoms with E-state index >= 15 is 0 Å². The maximum atomic E-state index is 13.3. The highest BCUT2D eigenvalue weighted by Gasteiger charge is 2.14. The van der Waals surface area contributed by atoms with Crippen LogP contribution in [0.15, 0.2) is 48.5 Å². The summed E-state index contributed by atoms with van der Waals surface area (Å²) in [6.07, 6.45) is 0. The molecule has 0 unspecified atom stereocenters. The molecule has 0 aliphatic heterocycles. The van der Waals surface area contributed by atoms with Crippen molar-refractivity contribution in [3.63, 3.8) is 0 Å². The van der Waals surface area contributed by atoms with E-state index in [0.29, 0.717) is 5.02 Å². The normalized spacial score (nSPS) is 11.5. The van der Waals surface area contributed by atoms with Crippen LogP contribution < -0.4 is 10.1 Å². The van der Waals surface area contributed by atoms with Gasteiger partial charge in [0.2, 0.25) is 0 Å². The van der Waals surface area contributed by atoms with E-state index in [0.717, 1.165) is 5.56 Å². The van der Waals surface area contributed by atoms with Crippen LogP contribution in [0.25, 0.3) is 0 Å². The summed E-state index contributed by atoms with van der Waals surface area (Å²) in [5.74, 6) is -1.90. The smallest absolute Gasteiger partial charge is 0.344 e. The molecule has 0 radical (unpaired) electrons. The number of halogens is 2. The lowest BCUT2D eigenvalue weighted by molar-refractivity contribution is -0.150. The third-order valence-electron chi connectivity index (χ3n) is 3.30. The second-order valence-electron chi connectivity index (χ2n) is 5.19. The Balaban J connectivity index is 1.75. The van der Waals surface area contributed by atoms with Gasteiger partial charge in [-0.15, -0.1) is 0 Å². The topological polar surface area (TPSA) is 64.6 Å². The fraction of sp³-hybridized carbons (Fsp3) is 0.222. The highest BCUT2D eigenvalue weighted by molar-refractivity contribution is 6.31. The van der Waals surface area contributed by atoms with Crippen LogP contribution in [0.4, 0.5) is 4.39 Å². The molecule has 2 rings (SSSR count). The van der Waals surface area contributed by atoms with E-state index in [1.54, 1.807) is 31.2 Å². The quantitative estimate of drug-likeness (QED) is 0.765. The molecule has 1 amide bonds. The maximum absolute atomic E-state index is 13.3. The standard InChI is InChI=1S/C18H17ClFNO4/c1-12(13-6-2-3-7-14(13)19)21-17(22)10-25-18(23)11-24-16-9-5-4-8-15(16)20/h2-9,12H,10-11H2,1H3,(H,21,22)/t12-/m1/s1. The van der Waals surface area contributed by atoms with Gasteiger partial charge in [-0.1, -0.05) is 41.9 Å². The van der Waals surface area contributed by atoms with Crippen LogP contribution in [0.2, 0.25) is 5.02 Å². The van der Waals surface area contributed by atoms with Crippen LogP contribution >= 0.6 is 11.6 Å². The lowest BCUT2D eigenvalue weighted by atomic mass is 10.1. The zero-order valence-corrected chi connectivity index (χ0v) is 14.3. The summed E-state index contributed by atoms with van der Waals surface area (Å²) in [6.45, 7) is 0.810. The second kappa shape index (κ2) is 9.03. The molecule has 0 spiro atoms. The van der Waals surface area contributed by atoms with Crippen molar-refractivity contribution >= 4 is 23.5 Å². The van der Waals surface area contributed by atoms with Crippen LogP contribution in [0.5, 0.6) is 5.75 Å². The van der Waals surface area contributed by atoms with Crippen molar-refractivity contribution in [1.29, 1.82) is 0 Å². The molecule has 1 atom stereocenters. The number of nitrogens with one attached hydrogen (secondary N) is 1. The molecule has 7 heteroatoms. The minimum absolute atomic E-state index is 0.0590. The summed E-state index contributed by atoms with van der Waals surface area (Å²) in [6, 6.07) is 12.5. The van der Waals surface area contributed by atoms with Gasteiger partial charge in [0.25, 0.3) is 5.91 Å². The van der Waals surface area contributed by atoms with Gasteiger partial charge < -0.3 is 14.8 Å². The Morgan fingerprint density at radius 3 is 2.52 bits per heavy atom. The Kier molecular flexibility index (Phi) is 6.77. The summed E-state index contributed by atoms with van der Waals surface area (Å²) in [5, 5.41) is 3.21. The van der Waals surface area contributed by atoms with Crippen LogP contribution in [-0.4, -0.2) is 25.1 Å². The van der Waals surface area contributed by atoms with E-state index in [2.05, 4.69) is 5.32 Å². The Morgan fingerprint density at radius 2 is 1.80 bits per heavy atom. The number of esters is 1. The maximum Gasteiger partial charge on any atom is 0.344 e. The highest BCUT2D eigenvalue weighted by atomic mass is 35.5. The third-order valence-corrected chi connectivity index (χ3v) is 3.64. The first kappa shape index (κ1) is 18.7. The van der Waals surface area contributed by atoms with E-state index in [1.807, 2.05) is 6.07 Å². The Bertz CT molecular complexity index is 753. The monoisotopic (exact) mass is 365 g/mol. The van der Waals surface area contributed by atoms with Crippen LogP contribution in [0.3, 0.4) is 0 Å². The zero-order chi connectivity index (χ0) is 18.2. The zero-order valence-electron chi connectivity index (χ0n) is 13.5. The highest BCUT2D eigenvalue weighted by Crippen LogP contribution is 2.21. The Morgan fingerprint density at radius 1 is 1.12 bits per heavy atom. The average Bonchev–Trinajstić information content (AvgIpc) is 2.59. The van der Waals surface area contributed by atoms with Gasteiger partial charge in [-0.2, -0.15) is 0 Å². The van der Waals surface area contributed by atoms with Crippen LogP contribution in [0, 0.1) is 5.82 Å². The first-order chi connectivity index (χ1) is 12.0. The largest absolute Gasteiger partial charge is 0.479 e. The van der Waals surface area contributed by atoms with Crippen LogP contribution in [-0.2, 0) is 14.3 Å². The molecule has 0 heterocycles. The Labute approximate surface area is 149 Å². The average molecular weight is 366 g/mol. The molecule has 0 aliphatic carbocycles. The van der Waals surface area contributed by atoms with E-state index in [-0.39, 0.29) is 11.8 Å². The van der Waals surface area contributed by atoms with Crippen molar-refractivity contribution < 1.29 is 23.5 Å². The van der Waals surface area contributed by atoms with Gasteiger partial charge in [0, 0.05) is 5.02 Å². The first-order valence-corrected chi connectivity index (χ1v) is 7.92. The molecular weight excluding hydrogens is 349 g/mol. The first-order valence-electron chi connectivity index (χ1n) is 7.54. The van der Waals surface area contributed by atoms with E-state index in [1.165, 1.54) is 18.2 Å². The third kappa shape index (κ3) is 5.76. The number of hydrogen-bond donors (Lipinski definition) is 1. The molecule has 5 nitrogen and oxygen atoms in total. The molecule has 0 saturated heterocycles. The molecule has 1 N–H and O–H groups in total. The molecule has 0 aliphatic rings. The number of carbonyl (C=O) groups is 2. The Hall–Kier alpha value is -2.60. The number of ether oxygens (including phenoxy) is 2. The molecule has 25 heavy (non-hydrogen) atoms. The molecular formula is C18H17ClFNO4. The molecule has 0 bridgehead atoms. The number of hydrogen-bond acceptors (Lipinski definition) is 4. The molecule has 2 aromatic carbocycles. The van der Waals surface area contributed by atoms with Crippen molar-refractivity contribution in [3.8, 4) is 5.75 Å². The van der Waals surface area contributed by atoms with Crippen molar-refractivity contribution in [2.45, 2.75) is 13.0 Å².